The largest absolute Gasteiger partial charge is 0.496 e. The Hall–Kier alpha value is -4.81. The van der Waals surface area contributed by atoms with Gasteiger partial charge in [0.15, 0.2) is 0 Å². The second-order valence-electron chi connectivity index (χ2n) is 17.6. The van der Waals surface area contributed by atoms with Crippen LogP contribution in [-0.4, -0.2) is 101 Å². The first kappa shape index (κ1) is 44.7. The van der Waals surface area contributed by atoms with Crippen LogP contribution in [0, 0.1) is 10.8 Å². The van der Waals surface area contributed by atoms with Crippen molar-refractivity contribution in [3.8, 4) is 16.9 Å². The van der Waals surface area contributed by atoms with Crippen molar-refractivity contribution in [1.82, 2.24) is 19.7 Å². The van der Waals surface area contributed by atoms with Gasteiger partial charge >= 0.3 is 5.97 Å². The average Bonchev–Trinajstić information content (AvgIpc) is 3.38. The van der Waals surface area contributed by atoms with Crippen LogP contribution in [0.4, 0.5) is 17.6 Å². The molecule has 0 saturated carbocycles. The van der Waals surface area contributed by atoms with Crippen molar-refractivity contribution in [3.05, 3.63) is 96.2 Å². The lowest BCUT2D eigenvalue weighted by Crippen LogP contribution is -2.61. The predicted molar refractivity (Wildman–Crippen MR) is 230 cm³/mol. The maximum Gasteiger partial charge on any atom is 0.326 e. The summed E-state index contributed by atoms with van der Waals surface area (Å²) in [7, 11) is 2.85. The molecule has 2 aliphatic rings. The van der Waals surface area contributed by atoms with Crippen LogP contribution in [0.15, 0.2) is 85.1 Å². The van der Waals surface area contributed by atoms with Crippen LogP contribution in [0.3, 0.4) is 0 Å². The Kier molecular flexibility index (Phi) is 13.2. The Morgan fingerprint density at radius 2 is 1.62 bits per heavy atom. The zero-order valence-electron chi connectivity index (χ0n) is 35.7. The number of aliphatic carboxylic acids is 1. The fourth-order valence-electron chi connectivity index (χ4n) is 9.31. The molecule has 60 heavy (non-hydrogen) atoms. The summed E-state index contributed by atoms with van der Waals surface area (Å²) in [5, 5.41) is 13.2. The normalized spacial score (nSPS) is 18.4. The summed E-state index contributed by atoms with van der Waals surface area (Å²) in [4.78, 5) is 37.1. The lowest BCUT2D eigenvalue weighted by atomic mass is 9.69. The van der Waals surface area contributed by atoms with Crippen LogP contribution >= 0.6 is 0 Å². The number of methoxy groups -OCH3 is 1. The van der Waals surface area contributed by atoms with Crippen molar-refractivity contribution in [1.29, 1.82) is 0 Å². The smallest absolute Gasteiger partial charge is 0.326 e. The average molecular weight is 831 g/mol. The molecule has 0 aliphatic carbocycles. The zero-order valence-corrected chi connectivity index (χ0v) is 35.7. The molecule has 4 aromatic rings. The first-order chi connectivity index (χ1) is 28.3. The van der Waals surface area contributed by atoms with Crippen molar-refractivity contribution in [2.24, 2.45) is 10.8 Å². The molecule has 1 N–H and O–H groups in total. The minimum Gasteiger partial charge on any atom is -0.496 e. The molecule has 0 radical (unpaired) electrons. The maximum absolute atomic E-state index is 16.3. The van der Waals surface area contributed by atoms with Gasteiger partial charge in [-0.25, -0.2) is 22.4 Å². The van der Waals surface area contributed by atoms with E-state index in [4.69, 9.17) is 9.72 Å². The SMILES string of the molecule is C=C(C)C(F)(F)C1(C(=O)N(C)[C@@H](Cc2cccc3c(-c4c(OC)ccc5c(CN6CCCC(C)(C)CC6)ccnc45)cccc23)C(=O)O)CCN(CC(F)(F)/C=C/C)CC1. The predicted octanol–water partition coefficient (Wildman–Crippen LogP) is 10.0. The van der Waals surface area contributed by atoms with Gasteiger partial charge in [-0.15, -0.1) is 0 Å². The van der Waals surface area contributed by atoms with Crippen LogP contribution < -0.4 is 4.74 Å². The van der Waals surface area contributed by atoms with E-state index in [1.54, 1.807) is 13.2 Å². The molecule has 0 unspecified atom stereocenters. The quantitative estimate of drug-likeness (QED) is 0.100. The second kappa shape index (κ2) is 17.7. The maximum atomic E-state index is 16.3. The number of piperidine rings is 1. The van der Waals surface area contributed by atoms with Gasteiger partial charge in [0.05, 0.1) is 24.7 Å². The summed E-state index contributed by atoms with van der Waals surface area (Å²) in [5.41, 5.74) is 1.53. The number of nitrogens with zero attached hydrogens (tertiary/aromatic N) is 4. The Labute approximate surface area is 350 Å². The van der Waals surface area contributed by atoms with Gasteiger partial charge < -0.3 is 14.7 Å². The molecular weight excluding hydrogens is 773 g/mol. The molecule has 0 spiro atoms. The summed E-state index contributed by atoms with van der Waals surface area (Å²) >= 11 is 0. The topological polar surface area (TPSA) is 86.2 Å². The highest BCUT2D eigenvalue weighted by Crippen LogP contribution is 2.51. The van der Waals surface area contributed by atoms with E-state index in [1.807, 2.05) is 42.6 Å². The molecule has 12 heteroatoms. The first-order valence-corrected chi connectivity index (χ1v) is 20.8. The van der Waals surface area contributed by atoms with Crippen molar-refractivity contribution in [2.75, 3.05) is 46.9 Å². The van der Waals surface area contributed by atoms with E-state index < -0.39 is 60.1 Å². The van der Waals surface area contributed by atoms with E-state index in [2.05, 4.69) is 37.5 Å². The monoisotopic (exact) mass is 830 g/mol. The fraction of sp³-hybridized carbons (Fsp3) is 0.479. The van der Waals surface area contributed by atoms with Gasteiger partial charge in [0.25, 0.3) is 11.8 Å². The second-order valence-corrected chi connectivity index (χ2v) is 17.6. The number of likely N-dealkylation sites (N-methyl/N-ethyl adjacent to an activating group) is 1. The van der Waals surface area contributed by atoms with Gasteiger partial charge in [0.1, 0.15) is 17.2 Å². The van der Waals surface area contributed by atoms with Crippen LogP contribution in [0.2, 0.25) is 0 Å². The number of carboxylic acids is 1. The third-order valence-corrected chi connectivity index (χ3v) is 12.9. The first-order valence-electron chi connectivity index (χ1n) is 20.8. The third kappa shape index (κ3) is 8.96. The highest BCUT2D eigenvalue weighted by Gasteiger charge is 2.61. The lowest BCUT2D eigenvalue weighted by Gasteiger charge is -2.47. The Balaban J connectivity index is 1.34. The number of benzene rings is 3. The Bertz CT molecular complexity index is 2270. The summed E-state index contributed by atoms with van der Waals surface area (Å²) in [5.74, 6) is -8.72. The van der Waals surface area contributed by atoms with Gasteiger partial charge in [-0.05, 0) is 135 Å². The number of halogens is 4. The van der Waals surface area contributed by atoms with Gasteiger partial charge in [-0.3, -0.25) is 19.6 Å². The van der Waals surface area contributed by atoms with E-state index in [0.717, 1.165) is 88.7 Å². The standard InChI is InChI=1S/C48H58F4N4O4/c1-8-19-47(49,50)31-56-27-22-46(23-28-56,48(51,52)32(2)3)44(59)54(6)39(43(57)58)29-33-12-9-14-37-35(33)13-10-15-38(37)41-40(60-7)17-16-36-34(18-24-53-42(36)41)30-55-25-11-20-45(4,5)21-26-55/h8-10,12-19,24,39H,2,11,20-23,25-31H2,1,3-7H3,(H,57,58)/b19-8+/t39-/m0/s1. The minimum absolute atomic E-state index is 0.184. The Morgan fingerprint density at radius 1 is 0.933 bits per heavy atom. The summed E-state index contributed by atoms with van der Waals surface area (Å²) in [6.07, 6.45) is 6.19. The molecule has 2 fully saturated rings. The number of ether oxygens (including phenoxy) is 1. The van der Waals surface area contributed by atoms with Crippen molar-refractivity contribution in [2.45, 2.75) is 90.7 Å². The number of pyridine rings is 1. The van der Waals surface area contributed by atoms with Crippen molar-refractivity contribution >= 4 is 33.6 Å². The number of carboxylic acid groups (broad SMARTS) is 1. The zero-order chi connectivity index (χ0) is 43.6. The van der Waals surface area contributed by atoms with Gasteiger partial charge in [0.2, 0.25) is 5.91 Å². The van der Waals surface area contributed by atoms with Crippen molar-refractivity contribution < 1.29 is 37.0 Å². The number of alkyl halides is 4. The minimum atomic E-state index is -3.73. The molecule has 0 bridgehead atoms. The summed E-state index contributed by atoms with van der Waals surface area (Å²) < 4.78 is 67.4. The number of amides is 1. The summed E-state index contributed by atoms with van der Waals surface area (Å²) in [6, 6.07) is 15.8. The van der Waals surface area contributed by atoms with Gasteiger partial charge in [-0.1, -0.05) is 62.9 Å². The molecule has 1 atom stereocenters. The number of likely N-dealkylation sites (tertiary alicyclic amines) is 2. The number of allylic oxidation sites excluding steroid dienone is 2. The van der Waals surface area contributed by atoms with Crippen LogP contribution in [-0.2, 0) is 22.6 Å². The van der Waals surface area contributed by atoms with E-state index in [-0.39, 0.29) is 19.5 Å². The number of rotatable bonds is 14. The highest BCUT2D eigenvalue weighted by atomic mass is 19.3. The van der Waals surface area contributed by atoms with Crippen LogP contribution in [0.5, 0.6) is 5.75 Å². The number of carbonyl (C=O) groups is 2. The lowest BCUT2D eigenvalue weighted by molar-refractivity contribution is -0.177. The summed E-state index contributed by atoms with van der Waals surface area (Å²) in [6.45, 7) is 12.5. The molecule has 2 aliphatic heterocycles. The molecule has 1 aromatic heterocycles. The number of hydrogen-bond acceptors (Lipinski definition) is 6. The molecule has 3 heterocycles. The van der Waals surface area contributed by atoms with E-state index >= 15 is 8.78 Å². The van der Waals surface area contributed by atoms with E-state index in [9.17, 15) is 23.5 Å². The highest BCUT2D eigenvalue weighted by molar-refractivity contribution is 6.07. The number of hydrogen-bond donors (Lipinski definition) is 1. The van der Waals surface area contributed by atoms with Crippen molar-refractivity contribution in [3.63, 3.8) is 0 Å². The van der Waals surface area contributed by atoms with Crippen LogP contribution in [0.1, 0.15) is 70.9 Å². The molecule has 2 saturated heterocycles. The van der Waals surface area contributed by atoms with E-state index in [0.29, 0.717) is 16.7 Å². The molecule has 6 rings (SSSR count). The fourth-order valence-corrected chi connectivity index (χ4v) is 9.31. The molecule has 322 valence electrons. The number of fused-ring (bicyclic) bond motifs is 2. The van der Waals surface area contributed by atoms with E-state index in [1.165, 1.54) is 31.4 Å². The number of carbonyl (C=O) groups excluding carboxylic acids is 1. The molecule has 1 amide bonds. The van der Waals surface area contributed by atoms with Gasteiger partial charge in [-0.2, -0.15) is 0 Å². The number of aromatic nitrogens is 1. The Morgan fingerprint density at radius 3 is 2.28 bits per heavy atom. The molecule has 3 aromatic carbocycles. The molecule has 8 nitrogen and oxygen atoms in total. The van der Waals surface area contributed by atoms with Crippen LogP contribution in [0.25, 0.3) is 32.8 Å². The van der Waals surface area contributed by atoms with Gasteiger partial charge in [0, 0.05) is 31.6 Å². The third-order valence-electron chi connectivity index (χ3n) is 12.9. The molecular formula is C48H58F4N4O4.